The van der Waals surface area contributed by atoms with Gasteiger partial charge in [-0.3, -0.25) is 0 Å². The molecule has 2 saturated heterocycles. The molecule has 8 saturated carbocycles. The largest absolute Gasteiger partial charge is 0.373 e. The quantitative estimate of drug-likeness (QED) is 0.619. The molecule has 0 N–H and O–H groups in total. The van der Waals surface area contributed by atoms with E-state index >= 15 is 0 Å². The standard InChI is InChI=1S/C17H21BrO/c18-17-13-2-7-1-10-9(13)4-12-11-3-8(19-15(12)17)6-16(17,5-7)14(10)11/h7-15H,1-6H2/t7-,8?,9?,10+,11?,12?,13-,14?,15?,16-,17?/m0/s1. The molecule has 19 heavy (non-hydrogen) atoms. The van der Waals surface area contributed by atoms with Crippen LogP contribution in [-0.4, -0.2) is 16.5 Å². The van der Waals surface area contributed by atoms with E-state index < -0.39 is 0 Å². The minimum absolute atomic E-state index is 0.416. The maximum atomic E-state index is 6.60. The average Bonchev–Trinajstić information content (AvgIpc) is 2.40. The van der Waals surface area contributed by atoms with Crippen molar-refractivity contribution in [3.05, 3.63) is 0 Å². The smallest absolute Gasteiger partial charge is 0.0771 e. The average molecular weight is 321 g/mol. The van der Waals surface area contributed by atoms with Crippen molar-refractivity contribution in [2.45, 2.75) is 55.1 Å². The summed E-state index contributed by atoms with van der Waals surface area (Å²) >= 11 is 4.41. The minimum Gasteiger partial charge on any atom is -0.373 e. The lowest BCUT2D eigenvalue weighted by Gasteiger charge is -2.85. The number of halogens is 1. The molecule has 1 nitrogen and oxygen atoms in total. The molecule has 0 radical (unpaired) electrons. The third kappa shape index (κ3) is 0.751. The van der Waals surface area contributed by atoms with Crippen LogP contribution < -0.4 is 0 Å². The summed E-state index contributed by atoms with van der Waals surface area (Å²) in [4.78, 5) is 0. The Morgan fingerprint density at radius 2 is 1.79 bits per heavy atom. The lowest BCUT2D eigenvalue weighted by molar-refractivity contribution is -0.373. The Kier molecular flexibility index (Phi) is 1.40. The van der Waals surface area contributed by atoms with Gasteiger partial charge in [0.2, 0.25) is 0 Å². The fraction of sp³-hybridized carbons (Fsp3) is 1.00. The van der Waals surface area contributed by atoms with Crippen molar-refractivity contribution < 1.29 is 4.74 Å². The van der Waals surface area contributed by atoms with E-state index in [9.17, 15) is 0 Å². The fourth-order valence-corrected chi connectivity index (χ4v) is 10.9. The third-order valence-electron chi connectivity index (χ3n) is 9.14. The maximum absolute atomic E-state index is 6.60. The Balaban J connectivity index is 1.59. The molecule has 0 amide bonds. The molecule has 102 valence electrons. The van der Waals surface area contributed by atoms with Crippen LogP contribution in [0.3, 0.4) is 0 Å². The molecule has 2 aliphatic heterocycles. The van der Waals surface area contributed by atoms with Gasteiger partial charge in [-0.1, -0.05) is 15.9 Å². The van der Waals surface area contributed by atoms with Gasteiger partial charge in [-0.2, -0.15) is 0 Å². The summed E-state index contributed by atoms with van der Waals surface area (Å²) in [6, 6.07) is 0. The van der Waals surface area contributed by atoms with Crippen LogP contribution in [-0.2, 0) is 4.74 Å². The summed E-state index contributed by atoms with van der Waals surface area (Å²) in [6.45, 7) is 0. The Morgan fingerprint density at radius 1 is 0.895 bits per heavy atom. The van der Waals surface area contributed by atoms with E-state index in [4.69, 9.17) is 4.74 Å². The second kappa shape index (κ2) is 2.60. The van der Waals surface area contributed by atoms with Gasteiger partial charge in [-0.15, -0.1) is 0 Å². The van der Waals surface area contributed by atoms with Gasteiger partial charge in [-0.05, 0) is 85.4 Å². The summed E-state index contributed by atoms with van der Waals surface area (Å²) in [7, 11) is 0. The van der Waals surface area contributed by atoms with E-state index in [-0.39, 0.29) is 0 Å². The van der Waals surface area contributed by atoms with Gasteiger partial charge >= 0.3 is 0 Å². The first-order valence-corrected chi connectivity index (χ1v) is 9.36. The summed E-state index contributed by atoms with van der Waals surface area (Å²) in [5, 5.41) is 0. The van der Waals surface area contributed by atoms with E-state index in [1.807, 2.05) is 0 Å². The monoisotopic (exact) mass is 320 g/mol. The first-order valence-electron chi connectivity index (χ1n) is 8.57. The Hall–Kier alpha value is 0.440. The maximum Gasteiger partial charge on any atom is 0.0771 e. The zero-order valence-electron chi connectivity index (χ0n) is 11.2. The van der Waals surface area contributed by atoms with Crippen LogP contribution in [0.2, 0.25) is 0 Å². The molecule has 10 aliphatic rings. The minimum atomic E-state index is 0.416. The number of hydrogen-bond donors (Lipinski definition) is 0. The highest BCUT2D eigenvalue weighted by atomic mass is 79.9. The topological polar surface area (TPSA) is 9.23 Å². The van der Waals surface area contributed by atoms with Gasteiger partial charge in [0.05, 0.1) is 16.5 Å². The van der Waals surface area contributed by atoms with Gasteiger partial charge < -0.3 is 4.74 Å². The van der Waals surface area contributed by atoms with Crippen LogP contribution >= 0.6 is 15.9 Å². The number of hydrogen-bond acceptors (Lipinski definition) is 1. The number of alkyl halides is 1. The van der Waals surface area contributed by atoms with E-state index in [0.29, 0.717) is 21.9 Å². The lowest BCUT2D eigenvalue weighted by Crippen LogP contribution is -2.86. The molecule has 2 heteroatoms. The van der Waals surface area contributed by atoms with Crippen LogP contribution in [0.5, 0.6) is 0 Å². The van der Waals surface area contributed by atoms with Crippen molar-refractivity contribution in [1.29, 1.82) is 0 Å². The molecule has 10 rings (SSSR count). The number of rotatable bonds is 0. The summed E-state index contributed by atoms with van der Waals surface area (Å²) in [5.74, 6) is 7.35. The van der Waals surface area contributed by atoms with Crippen molar-refractivity contribution in [2.24, 2.45) is 46.8 Å². The van der Waals surface area contributed by atoms with Crippen molar-refractivity contribution in [1.82, 2.24) is 0 Å². The molecule has 0 aromatic heterocycles. The predicted molar refractivity (Wildman–Crippen MR) is 74.9 cm³/mol. The highest BCUT2D eigenvalue weighted by molar-refractivity contribution is 9.10. The van der Waals surface area contributed by atoms with Gasteiger partial charge in [-0.25, -0.2) is 0 Å². The SMILES string of the molecule is BrC12C3OC4CC5C3CC3[C@H]6C[C@@H](C[C@@H]31)C[C@]2(C4)C56. The van der Waals surface area contributed by atoms with Crippen LogP contribution in [0.25, 0.3) is 0 Å². The van der Waals surface area contributed by atoms with Gasteiger partial charge in [0.25, 0.3) is 0 Å². The number of ether oxygens (including phenoxy) is 1. The van der Waals surface area contributed by atoms with Gasteiger partial charge in [0.1, 0.15) is 0 Å². The van der Waals surface area contributed by atoms with E-state index in [1.54, 1.807) is 12.8 Å². The predicted octanol–water partition coefficient (Wildman–Crippen LogP) is 3.61. The molecule has 11 atom stereocenters. The summed E-state index contributed by atoms with van der Waals surface area (Å²) in [6.07, 6.45) is 10.3. The molecule has 1 spiro atoms. The van der Waals surface area contributed by atoms with Crippen LogP contribution in [0.1, 0.15) is 38.5 Å². The molecule has 0 aromatic rings. The Labute approximate surface area is 123 Å². The first-order chi connectivity index (χ1) is 9.22. The Bertz CT molecular complexity index is 479. The van der Waals surface area contributed by atoms with Crippen LogP contribution in [0.15, 0.2) is 0 Å². The second-order valence-corrected chi connectivity index (χ2v) is 10.4. The van der Waals surface area contributed by atoms with Crippen LogP contribution in [0.4, 0.5) is 0 Å². The zero-order valence-corrected chi connectivity index (χ0v) is 12.8. The first kappa shape index (κ1) is 10.2. The van der Waals surface area contributed by atoms with Crippen molar-refractivity contribution >= 4 is 15.9 Å². The van der Waals surface area contributed by atoms with Crippen molar-refractivity contribution in [2.75, 3.05) is 0 Å². The van der Waals surface area contributed by atoms with E-state index in [0.717, 1.165) is 41.4 Å². The highest BCUT2D eigenvalue weighted by Crippen LogP contribution is 2.85. The Morgan fingerprint density at radius 3 is 2.74 bits per heavy atom. The van der Waals surface area contributed by atoms with Gasteiger partial charge in [0, 0.05) is 0 Å². The van der Waals surface area contributed by atoms with Crippen molar-refractivity contribution in [3.8, 4) is 0 Å². The fourth-order valence-electron chi connectivity index (χ4n) is 9.37. The summed E-state index contributed by atoms with van der Waals surface area (Å²) in [5.41, 5.74) is 0.674. The molecule has 10 fully saturated rings. The molecule has 0 aromatic carbocycles. The molecular formula is C17H21BrO. The van der Waals surface area contributed by atoms with Crippen LogP contribution in [0, 0.1) is 46.8 Å². The highest BCUT2D eigenvalue weighted by Gasteiger charge is 2.84. The molecule has 11 bridgehead atoms. The lowest BCUT2D eigenvalue weighted by atomic mass is 9.25. The second-order valence-electron chi connectivity index (χ2n) is 9.11. The third-order valence-corrected chi connectivity index (χ3v) is 11.0. The molecule has 2 heterocycles. The molecular weight excluding hydrogens is 300 g/mol. The van der Waals surface area contributed by atoms with Crippen molar-refractivity contribution in [3.63, 3.8) is 0 Å². The molecule has 7 unspecified atom stereocenters. The normalized spacial score (nSPS) is 80.4. The van der Waals surface area contributed by atoms with E-state index in [2.05, 4.69) is 15.9 Å². The van der Waals surface area contributed by atoms with Gasteiger partial charge in [0.15, 0.2) is 0 Å². The van der Waals surface area contributed by atoms with E-state index in [1.165, 1.54) is 25.7 Å². The summed E-state index contributed by atoms with van der Waals surface area (Å²) < 4.78 is 7.01. The molecule has 8 aliphatic carbocycles. The zero-order chi connectivity index (χ0) is 12.1.